The Labute approximate surface area is 173 Å². The SMILES string of the molecule is COc1cccc(S(=O)(=O)N2CCCC2c2noc(COc3ccc(F)cc3)n2)c1. The van der Waals surface area contributed by atoms with Gasteiger partial charge in [0.15, 0.2) is 12.4 Å². The summed E-state index contributed by atoms with van der Waals surface area (Å²) >= 11 is 0. The van der Waals surface area contributed by atoms with E-state index in [0.717, 1.165) is 0 Å². The van der Waals surface area contributed by atoms with E-state index < -0.39 is 16.1 Å². The van der Waals surface area contributed by atoms with Gasteiger partial charge in [-0.3, -0.25) is 0 Å². The highest BCUT2D eigenvalue weighted by atomic mass is 32.2. The third-order valence-electron chi connectivity index (χ3n) is 4.81. The first-order chi connectivity index (χ1) is 14.5. The number of hydrogen-bond acceptors (Lipinski definition) is 7. The average molecular weight is 433 g/mol. The predicted molar refractivity (Wildman–Crippen MR) is 104 cm³/mol. The summed E-state index contributed by atoms with van der Waals surface area (Å²) in [6.07, 6.45) is 1.27. The van der Waals surface area contributed by atoms with Crippen molar-refractivity contribution in [1.29, 1.82) is 0 Å². The van der Waals surface area contributed by atoms with Crippen LogP contribution >= 0.6 is 0 Å². The van der Waals surface area contributed by atoms with Crippen molar-refractivity contribution < 1.29 is 26.8 Å². The molecule has 1 aromatic heterocycles. The van der Waals surface area contributed by atoms with Gasteiger partial charge in [-0.1, -0.05) is 11.2 Å². The molecular formula is C20H20FN3O5S. The van der Waals surface area contributed by atoms with Crippen molar-refractivity contribution in [2.75, 3.05) is 13.7 Å². The second kappa shape index (κ2) is 8.41. The molecule has 0 N–H and O–H groups in total. The van der Waals surface area contributed by atoms with E-state index in [1.54, 1.807) is 12.1 Å². The van der Waals surface area contributed by atoms with Crippen LogP contribution in [-0.2, 0) is 16.6 Å². The Balaban J connectivity index is 1.50. The molecule has 30 heavy (non-hydrogen) atoms. The number of methoxy groups -OCH3 is 1. The molecule has 3 aromatic rings. The summed E-state index contributed by atoms with van der Waals surface area (Å²) in [5.41, 5.74) is 0. The van der Waals surface area contributed by atoms with E-state index >= 15 is 0 Å². The topological polar surface area (TPSA) is 94.8 Å². The van der Waals surface area contributed by atoms with Crippen LogP contribution in [0.1, 0.15) is 30.6 Å². The highest BCUT2D eigenvalue weighted by molar-refractivity contribution is 7.89. The zero-order valence-electron chi connectivity index (χ0n) is 16.2. The molecule has 4 rings (SSSR count). The van der Waals surface area contributed by atoms with Crippen LogP contribution in [0.5, 0.6) is 11.5 Å². The number of halogens is 1. The van der Waals surface area contributed by atoms with Crippen molar-refractivity contribution in [3.8, 4) is 11.5 Å². The standard InChI is InChI=1S/C20H20FN3O5S/c1-27-16-4-2-5-17(12-16)30(25,26)24-11-3-6-18(24)20-22-19(29-23-20)13-28-15-9-7-14(21)8-10-15/h2,4-5,7-10,12,18H,3,6,11,13H2,1H3. The largest absolute Gasteiger partial charge is 0.497 e. The zero-order chi connectivity index (χ0) is 21.1. The van der Waals surface area contributed by atoms with E-state index in [2.05, 4.69) is 10.1 Å². The van der Waals surface area contributed by atoms with Gasteiger partial charge in [-0.25, -0.2) is 12.8 Å². The van der Waals surface area contributed by atoms with E-state index in [4.69, 9.17) is 14.0 Å². The first-order valence-corrected chi connectivity index (χ1v) is 10.8. The number of aromatic nitrogens is 2. The Morgan fingerprint density at radius 2 is 2.00 bits per heavy atom. The van der Waals surface area contributed by atoms with Crippen LogP contribution in [-0.4, -0.2) is 36.5 Å². The normalized spacial score (nSPS) is 17.2. The van der Waals surface area contributed by atoms with Gasteiger partial charge in [-0.05, 0) is 49.2 Å². The number of hydrogen-bond donors (Lipinski definition) is 0. The smallest absolute Gasteiger partial charge is 0.264 e. The fourth-order valence-electron chi connectivity index (χ4n) is 3.32. The molecule has 0 spiro atoms. The number of benzene rings is 2. The molecule has 1 aliphatic heterocycles. The lowest BCUT2D eigenvalue weighted by Crippen LogP contribution is -2.31. The fraction of sp³-hybridized carbons (Fsp3) is 0.300. The van der Waals surface area contributed by atoms with E-state index in [0.29, 0.717) is 30.9 Å². The highest BCUT2D eigenvalue weighted by Gasteiger charge is 2.39. The van der Waals surface area contributed by atoms with E-state index in [1.165, 1.54) is 47.8 Å². The van der Waals surface area contributed by atoms with Gasteiger partial charge in [-0.15, -0.1) is 0 Å². The van der Waals surface area contributed by atoms with Crippen molar-refractivity contribution in [1.82, 2.24) is 14.4 Å². The molecule has 8 nitrogen and oxygen atoms in total. The highest BCUT2D eigenvalue weighted by Crippen LogP contribution is 2.36. The molecule has 0 radical (unpaired) electrons. The van der Waals surface area contributed by atoms with Gasteiger partial charge >= 0.3 is 0 Å². The van der Waals surface area contributed by atoms with Gasteiger partial charge in [-0.2, -0.15) is 9.29 Å². The lowest BCUT2D eigenvalue weighted by molar-refractivity contribution is 0.241. The quantitative estimate of drug-likeness (QED) is 0.564. The van der Waals surface area contributed by atoms with Gasteiger partial charge in [0.05, 0.1) is 18.0 Å². The lowest BCUT2D eigenvalue weighted by atomic mass is 10.2. The molecule has 1 fully saturated rings. The van der Waals surface area contributed by atoms with Gasteiger partial charge in [0, 0.05) is 12.6 Å². The monoisotopic (exact) mass is 433 g/mol. The summed E-state index contributed by atoms with van der Waals surface area (Å²) in [6.45, 7) is 0.355. The van der Waals surface area contributed by atoms with Crippen molar-refractivity contribution in [3.63, 3.8) is 0 Å². The van der Waals surface area contributed by atoms with E-state index in [1.807, 2.05) is 0 Å². The van der Waals surface area contributed by atoms with Crippen molar-refractivity contribution >= 4 is 10.0 Å². The second-order valence-electron chi connectivity index (χ2n) is 6.74. The maximum atomic E-state index is 13.2. The Bertz CT molecular complexity index is 1120. The molecule has 1 unspecified atom stereocenters. The molecule has 2 aromatic carbocycles. The fourth-order valence-corrected chi connectivity index (χ4v) is 5.01. The molecule has 0 aliphatic carbocycles. The number of rotatable bonds is 7. The van der Waals surface area contributed by atoms with Crippen LogP contribution in [0.25, 0.3) is 0 Å². The van der Waals surface area contributed by atoms with E-state index in [-0.39, 0.29) is 29.0 Å². The molecule has 1 aliphatic rings. The molecule has 0 saturated carbocycles. The van der Waals surface area contributed by atoms with Gasteiger partial charge in [0.1, 0.15) is 17.3 Å². The molecule has 0 bridgehead atoms. The zero-order valence-corrected chi connectivity index (χ0v) is 17.0. The number of nitrogens with zero attached hydrogens (tertiary/aromatic N) is 3. The molecule has 1 saturated heterocycles. The average Bonchev–Trinajstić information content (AvgIpc) is 3.43. The predicted octanol–water partition coefficient (Wildman–Crippen LogP) is 3.32. The minimum Gasteiger partial charge on any atom is -0.497 e. The maximum absolute atomic E-state index is 13.2. The van der Waals surface area contributed by atoms with Crippen LogP contribution in [0.4, 0.5) is 4.39 Å². The number of ether oxygens (including phenoxy) is 2. The summed E-state index contributed by atoms with van der Waals surface area (Å²) in [5.74, 6) is 1.06. The molecule has 10 heteroatoms. The van der Waals surface area contributed by atoms with Crippen molar-refractivity contribution in [2.45, 2.75) is 30.4 Å². The number of sulfonamides is 1. The lowest BCUT2D eigenvalue weighted by Gasteiger charge is -2.21. The third kappa shape index (κ3) is 4.14. The summed E-state index contributed by atoms with van der Waals surface area (Å²) in [6, 6.07) is 11.4. The van der Waals surface area contributed by atoms with Crippen LogP contribution in [0.15, 0.2) is 57.9 Å². The van der Waals surface area contributed by atoms with Crippen LogP contribution in [0.3, 0.4) is 0 Å². The summed E-state index contributed by atoms with van der Waals surface area (Å²) < 4.78 is 56.5. The van der Waals surface area contributed by atoms with Gasteiger partial charge in [0.25, 0.3) is 5.89 Å². The molecule has 1 atom stereocenters. The van der Waals surface area contributed by atoms with E-state index in [9.17, 15) is 12.8 Å². The Morgan fingerprint density at radius 3 is 2.77 bits per heavy atom. The Morgan fingerprint density at radius 1 is 1.20 bits per heavy atom. The van der Waals surface area contributed by atoms with Crippen LogP contribution in [0.2, 0.25) is 0 Å². The second-order valence-corrected chi connectivity index (χ2v) is 8.63. The third-order valence-corrected chi connectivity index (χ3v) is 6.71. The van der Waals surface area contributed by atoms with Crippen LogP contribution in [0, 0.1) is 5.82 Å². The van der Waals surface area contributed by atoms with Gasteiger partial charge < -0.3 is 14.0 Å². The van der Waals surface area contributed by atoms with Crippen molar-refractivity contribution in [2.24, 2.45) is 0 Å². The molecule has 2 heterocycles. The first-order valence-electron chi connectivity index (χ1n) is 9.34. The first kappa shape index (κ1) is 20.3. The summed E-state index contributed by atoms with van der Waals surface area (Å²) in [7, 11) is -2.27. The summed E-state index contributed by atoms with van der Waals surface area (Å²) in [4.78, 5) is 4.46. The van der Waals surface area contributed by atoms with Crippen LogP contribution < -0.4 is 9.47 Å². The Kier molecular flexibility index (Phi) is 5.69. The van der Waals surface area contributed by atoms with Gasteiger partial charge in [0.2, 0.25) is 10.0 Å². The molecular weight excluding hydrogens is 413 g/mol. The Hall–Kier alpha value is -2.98. The molecule has 0 amide bonds. The van der Waals surface area contributed by atoms with Crippen molar-refractivity contribution in [3.05, 3.63) is 66.1 Å². The minimum absolute atomic E-state index is 0.00597. The summed E-state index contributed by atoms with van der Waals surface area (Å²) in [5, 5.41) is 3.96. The maximum Gasteiger partial charge on any atom is 0.264 e. The minimum atomic E-state index is -3.75. The molecule has 158 valence electrons.